The van der Waals surface area contributed by atoms with Crippen LogP contribution in [0.25, 0.3) is 0 Å². The van der Waals surface area contributed by atoms with Crippen molar-refractivity contribution in [3.63, 3.8) is 0 Å². The van der Waals surface area contributed by atoms with Crippen molar-refractivity contribution < 1.29 is 139 Å². The van der Waals surface area contributed by atoms with Crippen LogP contribution in [-0.4, -0.2) is 180 Å². The number of hydrogen-bond acceptors (Lipinski definition) is 29. The Labute approximate surface area is 649 Å². The van der Waals surface area contributed by atoms with E-state index in [4.69, 9.17) is 75.9 Å². The first-order valence-electron chi connectivity index (χ1n) is 40.2. The molecule has 0 aromatic carbocycles. The van der Waals surface area contributed by atoms with Crippen molar-refractivity contribution in [1.29, 1.82) is 0 Å². The van der Waals surface area contributed by atoms with Crippen molar-refractivity contribution in [3.8, 4) is 0 Å². The van der Waals surface area contributed by atoms with E-state index in [-0.39, 0.29) is 163 Å². The Bertz CT molecular complexity index is 3620. The molecule has 24 atom stereocenters. The molecule has 620 valence electrons. The molecular formula is C82H118O29. The van der Waals surface area contributed by atoms with Gasteiger partial charge in [0.05, 0.1) is 62.5 Å². The Balaban J connectivity index is 0.000000146. The summed E-state index contributed by atoms with van der Waals surface area (Å²) in [5, 5.41) is 10.7. The Morgan fingerprint density at radius 3 is 1.54 bits per heavy atom. The fourth-order valence-electron chi connectivity index (χ4n) is 19.2. The first kappa shape index (κ1) is 86.3. The van der Waals surface area contributed by atoms with Crippen molar-refractivity contribution in [1.82, 2.24) is 0 Å². The Morgan fingerprint density at radius 1 is 0.459 bits per heavy atom. The summed E-state index contributed by atoms with van der Waals surface area (Å²) in [5.74, 6) is -3.79. The summed E-state index contributed by atoms with van der Waals surface area (Å²) in [4.78, 5) is 161. The summed E-state index contributed by atoms with van der Waals surface area (Å²) >= 11 is 0. The summed E-state index contributed by atoms with van der Waals surface area (Å²) < 4.78 is 77.1. The van der Waals surface area contributed by atoms with Gasteiger partial charge in [-0.3, -0.25) is 43.2 Å². The maximum absolute atomic E-state index is 12.4. The zero-order valence-electron chi connectivity index (χ0n) is 67.9. The van der Waals surface area contributed by atoms with Crippen LogP contribution >= 0.6 is 0 Å². The lowest BCUT2D eigenvalue weighted by molar-refractivity contribution is -0.202. The van der Waals surface area contributed by atoms with Crippen LogP contribution < -0.4 is 0 Å². The molecule has 12 bridgehead atoms. The fraction of sp³-hybridized carbons (Fsp3) is 0.841. The minimum Gasteiger partial charge on any atom is -0.462 e. The molecule has 111 heavy (non-hydrogen) atoms. The monoisotopic (exact) mass is 1570 g/mol. The quantitative estimate of drug-likeness (QED) is 0.0929. The van der Waals surface area contributed by atoms with Gasteiger partial charge in [0.2, 0.25) is 6.10 Å². The highest BCUT2D eigenvalue weighted by atomic mass is 16.8. The van der Waals surface area contributed by atoms with E-state index in [0.29, 0.717) is 83.0 Å². The molecule has 0 aromatic rings. The highest BCUT2D eigenvalue weighted by Gasteiger charge is 2.68. The van der Waals surface area contributed by atoms with E-state index in [2.05, 4.69) is 0 Å². The van der Waals surface area contributed by atoms with Gasteiger partial charge in [-0.05, 0) is 178 Å². The summed E-state index contributed by atoms with van der Waals surface area (Å²) in [6, 6.07) is 0. The van der Waals surface area contributed by atoms with Crippen molar-refractivity contribution >= 4 is 77.8 Å². The van der Waals surface area contributed by atoms with Gasteiger partial charge >= 0.3 is 77.8 Å². The number of carbonyl (C=O) groups excluding carboxylic acids is 14. The molecule has 24 unspecified atom stereocenters. The smallest absolute Gasteiger partial charge is 0.373 e. The molecule has 29 heteroatoms. The second-order valence-corrected chi connectivity index (χ2v) is 37.7. The van der Waals surface area contributed by atoms with E-state index in [1.807, 2.05) is 96.9 Å². The molecule has 17 fully saturated rings. The molecule has 8 aliphatic heterocycles. The van der Waals surface area contributed by atoms with E-state index in [9.17, 15) is 62.6 Å². The lowest BCUT2D eigenvalue weighted by atomic mass is 9.62. The standard InChI is InChI=1S/C17H24O6.C16H24O6.C16H22O6.C16H24O5.C16H24O4.CO2/c1-5-17(3,4)16(20)21-7-11(18)22-13-9-6-10-12(8(9)2)15(19)23-14(10)13;1-6-15(2,3)14(18)20-11-8-7-9-12(10(8)19-13(11)17)22-16(4,5)21-9;1-4-16(2,3)15(19)20-7-11(17)21-12-8-5-9-10(6-8)14(18)22-13(9)12;1-4-14(2,3)13(18)21-16-6-10-5-15(19,9-16)7-11(8-16)20-12(10)17;1-4-15(2,3)14(18)20-16-7-10-5-11(8-16)13(17)19-12(6-10)9-16;2-1-3/h8-10,12-14H,5-7H2,1-4H3;8-12H,6-7H2,1-5H3;8-10,12-13H,4-7H2,1-3H3;10-11,19H,4-9H2,1-3H3;10-12H,4-9H2,1-3H3;. The van der Waals surface area contributed by atoms with Crippen LogP contribution in [0.2, 0.25) is 0 Å². The van der Waals surface area contributed by atoms with E-state index in [1.165, 1.54) is 0 Å². The van der Waals surface area contributed by atoms with Gasteiger partial charge in [0, 0.05) is 68.1 Å². The minimum absolute atomic E-state index is 0.00636. The molecular weight excluding hydrogens is 1450 g/mol. The number of ether oxygens (including phenoxy) is 14. The molecule has 9 aliphatic carbocycles. The topological polar surface area (TPSA) is 388 Å². The van der Waals surface area contributed by atoms with Crippen LogP contribution in [0.5, 0.6) is 0 Å². The average Bonchev–Trinajstić information content (AvgIpc) is 1.63. The van der Waals surface area contributed by atoms with Crippen LogP contribution in [-0.2, 0) is 133 Å². The number of hydrogen-bond donors (Lipinski definition) is 1. The minimum atomic E-state index is -0.936. The maximum atomic E-state index is 12.4. The van der Waals surface area contributed by atoms with Crippen LogP contribution in [0.3, 0.4) is 0 Å². The lowest BCUT2D eigenvalue weighted by Crippen LogP contribution is -2.57. The van der Waals surface area contributed by atoms with Crippen LogP contribution in [0, 0.1) is 92.2 Å². The summed E-state index contributed by atoms with van der Waals surface area (Å²) in [7, 11) is 0. The Morgan fingerprint density at radius 2 is 0.955 bits per heavy atom. The van der Waals surface area contributed by atoms with Crippen molar-refractivity contribution in [3.05, 3.63) is 0 Å². The maximum Gasteiger partial charge on any atom is 0.373 e. The predicted molar refractivity (Wildman–Crippen MR) is 381 cm³/mol. The highest BCUT2D eigenvalue weighted by Crippen LogP contribution is 2.60. The van der Waals surface area contributed by atoms with Gasteiger partial charge in [0.15, 0.2) is 19.0 Å². The highest BCUT2D eigenvalue weighted by molar-refractivity contribution is 5.85. The normalized spacial score (nSPS) is 37.6. The van der Waals surface area contributed by atoms with Gasteiger partial charge in [-0.25, -0.2) is 14.4 Å². The largest absolute Gasteiger partial charge is 0.462 e. The van der Waals surface area contributed by atoms with Crippen LogP contribution in [0.4, 0.5) is 0 Å². The summed E-state index contributed by atoms with van der Waals surface area (Å²) in [6.07, 6.45) is 9.72. The van der Waals surface area contributed by atoms with Crippen molar-refractivity contribution in [2.24, 2.45) is 92.2 Å². The predicted octanol–water partition coefficient (Wildman–Crippen LogP) is 9.18. The third-order valence-corrected chi connectivity index (χ3v) is 27.3. The van der Waals surface area contributed by atoms with E-state index >= 15 is 0 Å². The summed E-state index contributed by atoms with van der Waals surface area (Å²) in [6.45, 7) is 32.9. The van der Waals surface area contributed by atoms with E-state index < -0.39 is 98.3 Å². The first-order chi connectivity index (χ1) is 51.7. The van der Waals surface area contributed by atoms with Gasteiger partial charge in [-0.15, -0.1) is 0 Å². The van der Waals surface area contributed by atoms with Gasteiger partial charge in [-0.2, -0.15) is 9.59 Å². The third-order valence-electron chi connectivity index (χ3n) is 27.3. The molecule has 0 amide bonds. The number of esters is 12. The van der Waals surface area contributed by atoms with Crippen LogP contribution in [0.1, 0.15) is 247 Å². The molecule has 9 saturated carbocycles. The second-order valence-electron chi connectivity index (χ2n) is 37.7. The number of carbonyl (C=O) groups is 12. The van der Waals surface area contributed by atoms with Crippen LogP contribution in [0.15, 0.2) is 0 Å². The molecule has 8 saturated heterocycles. The SMILES string of the molecule is CCC(C)(C)C(=O)OC12CC3CC(C1)OC(=O)C(C3)C2.CCC(C)(C)C(=O)OC12CC3CC(O)(CC(C1)C(=O)O3)C2.CCC(C)(C)C(=O)OC1C(=O)OC2C1CC1OC(C)(C)OC12.CCC(C)(C)C(=O)OCC(=O)OC1C2CC3C(=O)OC1C3C2.CCC(C)(C)C(=O)OCC(=O)OC1C2CC3C1OC(=O)C3C2C.O=C=O. The second kappa shape index (κ2) is 32.3. The molecule has 0 radical (unpaired) electrons. The lowest BCUT2D eigenvalue weighted by Gasteiger charge is -2.50. The van der Waals surface area contributed by atoms with E-state index in [0.717, 1.165) is 44.9 Å². The first-order valence-corrected chi connectivity index (χ1v) is 40.2. The van der Waals surface area contributed by atoms with Gasteiger partial charge in [0.1, 0.15) is 60.0 Å². The van der Waals surface area contributed by atoms with Crippen molar-refractivity contribution in [2.75, 3.05) is 13.2 Å². The zero-order valence-corrected chi connectivity index (χ0v) is 67.9. The molecule has 29 nitrogen and oxygen atoms in total. The Kier molecular flexibility index (Phi) is 25.1. The molecule has 17 aliphatic rings. The number of rotatable bonds is 19. The third kappa shape index (κ3) is 18.1. The average molecular weight is 1570 g/mol. The number of aliphatic hydroxyl groups is 1. The fourth-order valence-corrected chi connectivity index (χ4v) is 19.2. The zero-order chi connectivity index (χ0) is 82.0. The van der Waals surface area contributed by atoms with Gasteiger partial charge < -0.3 is 71.4 Å². The Hall–Kier alpha value is -7.10. The van der Waals surface area contributed by atoms with Gasteiger partial charge in [0.25, 0.3) is 0 Å². The summed E-state index contributed by atoms with van der Waals surface area (Å²) in [5.41, 5.74) is -4.97. The van der Waals surface area contributed by atoms with Gasteiger partial charge in [-0.1, -0.05) is 41.5 Å². The molecule has 0 spiro atoms. The van der Waals surface area contributed by atoms with E-state index in [1.54, 1.807) is 27.7 Å². The molecule has 0 aromatic heterocycles. The molecule has 1 N–H and O–H groups in total. The molecule has 17 rings (SSSR count). The molecule has 8 heterocycles. The van der Waals surface area contributed by atoms with Crippen molar-refractivity contribution in [2.45, 2.75) is 330 Å². The number of fused-ring (bicyclic) bond motifs is 7.